The summed E-state index contributed by atoms with van der Waals surface area (Å²) in [6.07, 6.45) is 0. The zero-order chi connectivity index (χ0) is 106. The standard InChI is InChI=1S/C46H28O.C42H26O.C38H24O/c1-2-14-31-28-32(27-26-29(31)12-1)34-21-10-24-41-45-40(23-11-25-42(45)47-46(34)41)44-38-19-7-5-17-36(38)43(37-18-6-8-20-39(37)44)35-22-9-15-30-13-3-4-16-33(30)35;1-2-12-28(13-3-1)40-33-15-6-8-17-35(33)41(36-18-9-7-16-34(36)40)31-23-24-39-38(26-31)37-20-10-19-32(42(37)43-39)30-22-21-27-11-4-5-14-29(27)25-30;1-3-12-25(13-4-1)28-20-11-21-33-34-24-27(22-23-35(34)39-38(28)33)37-31-18-9-7-16-29(31)36(26-14-5-2-6-15-26)30-17-8-10-19-32(30)37/h1-28H;1-26H;1-24H/i5D,6D,7D,8D,17D,18D,19D,20D;6D,7D,8D,9D,15D,16D,17D,18D;7D,8D,9D,10D,16D,17D,18D,19D. The average Bonchev–Trinajstić information content (AvgIpc) is 1.46. The summed E-state index contributed by atoms with van der Waals surface area (Å²) in [6.45, 7) is 0. The second kappa shape index (κ2) is 31.1. The number of para-hydroxylation sites is 3. The van der Waals surface area contributed by atoms with Gasteiger partial charge >= 0.3 is 0 Å². The van der Waals surface area contributed by atoms with Crippen LogP contribution < -0.4 is 0 Å². The highest BCUT2D eigenvalue weighted by molar-refractivity contribution is 6.29. The monoisotopic (exact) mass is 1660 g/mol. The van der Waals surface area contributed by atoms with Gasteiger partial charge in [-0.05, 0) is 223 Å². The summed E-state index contributed by atoms with van der Waals surface area (Å²) < 4.78 is 235. The Kier molecular flexibility index (Phi) is 13.0. The molecule has 0 amide bonds. The maximum atomic E-state index is 9.47. The van der Waals surface area contributed by atoms with E-state index in [4.69, 9.17) is 37.9 Å². The quantitative estimate of drug-likeness (QED) is 0.135. The first-order valence-corrected chi connectivity index (χ1v) is 42.4. The summed E-state index contributed by atoms with van der Waals surface area (Å²) in [5, 5.41) is 12.9. The molecule has 0 atom stereocenters. The molecule has 0 saturated heterocycles. The molecule has 3 aromatic heterocycles. The molecule has 0 bridgehead atoms. The molecular formula is C126H78O3. The van der Waals surface area contributed by atoms with Gasteiger partial charge in [-0.3, -0.25) is 0 Å². The summed E-state index contributed by atoms with van der Waals surface area (Å²) in [5.74, 6) is 0. The summed E-state index contributed by atoms with van der Waals surface area (Å²) in [7, 11) is 0. The SMILES string of the molecule is [2H]c1c([2H])c([2H])c2c(-c3ccc4oc5c(-c6ccc7ccccc7c6)cccc5c4c3)c3c([2H])c([2H])c([2H])c([2H])c3c(-c3ccccc3)c2c1[2H].[2H]c1c([2H])c([2H])c2c(-c3ccc4oc5c(-c6ccccc6)cccc5c4c3)c3c([2H])c([2H])c([2H])c([2H])c3c(-c3ccccc3)c2c1[2H].[2H]c1c([2H])c([2H])c2c(-c3cccc4oc5c(-c6ccc7ccccc7c6)cccc5c34)c3c([2H])c([2H])c([2H])c([2H])c3c(-c3cccc4ccccc34)c2c1[2H]. The van der Waals surface area contributed by atoms with Crippen LogP contribution in [0.5, 0.6) is 0 Å². The molecule has 0 spiro atoms. The first kappa shape index (κ1) is 53.9. The summed E-state index contributed by atoms with van der Waals surface area (Å²) in [6, 6.07) is 95.7. The predicted octanol–water partition coefficient (Wildman–Crippen LogP) is 36.1. The lowest BCUT2D eigenvalue weighted by Crippen LogP contribution is -1.92. The van der Waals surface area contributed by atoms with Crippen molar-refractivity contribution in [3.8, 4) is 100 Å². The van der Waals surface area contributed by atoms with Crippen LogP contribution in [-0.2, 0) is 0 Å². The molecule has 3 heteroatoms. The minimum absolute atomic E-state index is 0.166. The van der Waals surface area contributed by atoms with E-state index < -0.39 is 72.5 Å². The van der Waals surface area contributed by atoms with Crippen molar-refractivity contribution in [2.75, 3.05) is 0 Å². The third kappa shape index (κ3) is 12.6. The molecule has 3 heterocycles. The fraction of sp³-hybridized carbons (Fsp3) is 0. The molecule has 600 valence electrons. The molecule has 0 unspecified atom stereocenters. The lowest BCUT2D eigenvalue weighted by molar-refractivity contribution is 0.669. The van der Waals surface area contributed by atoms with E-state index in [0.717, 1.165) is 92.6 Å². The maximum Gasteiger partial charge on any atom is 0.143 e. The number of furan rings is 3. The van der Waals surface area contributed by atoms with Crippen molar-refractivity contribution in [2.24, 2.45) is 0 Å². The van der Waals surface area contributed by atoms with Crippen molar-refractivity contribution in [1.29, 1.82) is 0 Å². The van der Waals surface area contributed by atoms with E-state index >= 15 is 0 Å². The van der Waals surface area contributed by atoms with Gasteiger partial charge in [0.2, 0.25) is 0 Å². The molecule has 24 aromatic carbocycles. The number of rotatable bonds is 9. The topological polar surface area (TPSA) is 39.4 Å². The number of benzene rings is 24. The van der Waals surface area contributed by atoms with Gasteiger partial charge in [-0.1, -0.05) is 430 Å². The van der Waals surface area contributed by atoms with Crippen molar-refractivity contribution in [3.63, 3.8) is 0 Å². The third-order valence-corrected chi connectivity index (χ3v) is 24.9. The fourth-order valence-electron chi connectivity index (χ4n) is 19.2. The van der Waals surface area contributed by atoms with E-state index in [9.17, 15) is 8.22 Å². The van der Waals surface area contributed by atoms with Gasteiger partial charge in [0.15, 0.2) is 0 Å². The van der Waals surface area contributed by atoms with Crippen LogP contribution in [0.1, 0.15) is 32.9 Å². The Morgan fingerprint density at radius 3 is 0.868 bits per heavy atom. The number of hydrogen-bond donors (Lipinski definition) is 0. The molecule has 0 aliphatic heterocycles. The van der Waals surface area contributed by atoms with Crippen LogP contribution in [-0.4, -0.2) is 0 Å². The second-order valence-corrected chi connectivity index (χ2v) is 32.0. The summed E-state index contributed by atoms with van der Waals surface area (Å²) in [5.41, 5.74) is 14.7. The van der Waals surface area contributed by atoms with Crippen LogP contribution >= 0.6 is 0 Å². The van der Waals surface area contributed by atoms with Gasteiger partial charge in [0.25, 0.3) is 0 Å². The smallest absolute Gasteiger partial charge is 0.143 e. The van der Waals surface area contributed by atoms with Crippen molar-refractivity contribution >= 4 is 163 Å². The predicted molar refractivity (Wildman–Crippen MR) is 548 cm³/mol. The molecule has 0 aliphatic rings. The van der Waals surface area contributed by atoms with Gasteiger partial charge in [-0.2, -0.15) is 0 Å². The lowest BCUT2D eigenvalue weighted by atomic mass is 9.84. The van der Waals surface area contributed by atoms with Crippen LogP contribution in [0.4, 0.5) is 0 Å². The van der Waals surface area contributed by atoms with Crippen molar-refractivity contribution in [1.82, 2.24) is 0 Å². The summed E-state index contributed by atoms with van der Waals surface area (Å²) in [4.78, 5) is 0. The Morgan fingerprint density at radius 2 is 0.434 bits per heavy atom. The highest BCUT2D eigenvalue weighted by atomic mass is 16.3. The van der Waals surface area contributed by atoms with Crippen LogP contribution in [0.25, 0.3) is 263 Å². The first-order valence-electron chi connectivity index (χ1n) is 54.4. The largest absolute Gasteiger partial charge is 0.455 e. The minimum Gasteiger partial charge on any atom is -0.455 e. The molecule has 27 rings (SSSR count). The van der Waals surface area contributed by atoms with E-state index in [1.54, 1.807) is 66.7 Å². The number of fused-ring (bicyclic) bond motifs is 18. The Hall–Kier alpha value is -17.0. The molecule has 27 aromatic rings. The Morgan fingerprint density at radius 1 is 0.147 bits per heavy atom. The second-order valence-electron chi connectivity index (χ2n) is 32.0. The molecule has 0 aliphatic carbocycles. The highest BCUT2D eigenvalue weighted by Gasteiger charge is 2.26. The van der Waals surface area contributed by atoms with Gasteiger partial charge in [-0.25, -0.2) is 0 Å². The Labute approximate surface area is 777 Å². The van der Waals surface area contributed by atoms with Crippen LogP contribution in [0.3, 0.4) is 0 Å². The zero-order valence-corrected chi connectivity index (χ0v) is 68.4. The molecule has 0 fully saturated rings. The van der Waals surface area contributed by atoms with Crippen molar-refractivity contribution in [2.45, 2.75) is 0 Å². The first-order chi connectivity index (χ1) is 74.0. The molecule has 0 N–H and O–H groups in total. The van der Waals surface area contributed by atoms with Crippen LogP contribution in [0, 0.1) is 0 Å². The minimum atomic E-state index is -0.439. The molecule has 0 radical (unpaired) electrons. The Bertz CT molecular complexity index is 10500. The van der Waals surface area contributed by atoms with Crippen molar-refractivity contribution in [3.05, 3.63) is 473 Å². The van der Waals surface area contributed by atoms with Gasteiger partial charge in [0, 0.05) is 49.0 Å². The van der Waals surface area contributed by atoms with Gasteiger partial charge in [0.1, 0.15) is 33.5 Å². The van der Waals surface area contributed by atoms with E-state index in [2.05, 4.69) is 60.7 Å². The third-order valence-electron chi connectivity index (χ3n) is 24.9. The molecule has 0 saturated carbocycles. The molecule has 129 heavy (non-hydrogen) atoms. The normalized spacial score (nSPS) is 14.3. The maximum absolute atomic E-state index is 9.47. The lowest BCUT2D eigenvalue weighted by Gasteiger charge is -2.19. The van der Waals surface area contributed by atoms with Gasteiger partial charge in [-0.15, -0.1) is 0 Å². The van der Waals surface area contributed by atoms with E-state index in [1.807, 2.05) is 200 Å². The van der Waals surface area contributed by atoms with E-state index in [0.29, 0.717) is 100 Å². The fourth-order valence-corrected chi connectivity index (χ4v) is 19.2. The number of hydrogen-bond acceptors (Lipinski definition) is 3. The van der Waals surface area contributed by atoms with Crippen molar-refractivity contribution < 1.29 is 46.1 Å². The summed E-state index contributed by atoms with van der Waals surface area (Å²) >= 11 is 0. The van der Waals surface area contributed by atoms with Gasteiger partial charge in [0.05, 0.1) is 32.9 Å². The van der Waals surface area contributed by atoms with Crippen LogP contribution in [0.15, 0.2) is 486 Å². The van der Waals surface area contributed by atoms with E-state index in [1.165, 1.54) is 0 Å². The average molecular weight is 1660 g/mol. The molecular weight excluding hydrogens is 1560 g/mol. The Balaban J connectivity index is 0.000000119. The van der Waals surface area contributed by atoms with Crippen LogP contribution in [0.2, 0.25) is 0 Å². The zero-order valence-electron chi connectivity index (χ0n) is 92.4. The highest BCUT2D eigenvalue weighted by Crippen LogP contribution is 2.52. The van der Waals surface area contributed by atoms with E-state index in [-0.39, 0.29) is 143 Å². The van der Waals surface area contributed by atoms with Gasteiger partial charge < -0.3 is 13.3 Å². The molecule has 3 nitrogen and oxygen atoms in total.